The molecule has 0 unspecified atom stereocenters. The quantitative estimate of drug-likeness (QED) is 0.706. The molecule has 0 spiro atoms. The predicted molar refractivity (Wildman–Crippen MR) is 104 cm³/mol. The van der Waals surface area contributed by atoms with Crippen molar-refractivity contribution in [3.63, 3.8) is 0 Å². The maximum atomic E-state index is 12.5. The molecule has 0 aliphatic carbocycles. The topological polar surface area (TPSA) is 90.3 Å². The number of carbonyl (C=O) groups is 2. The molecule has 28 heavy (non-hydrogen) atoms. The first-order valence-corrected chi connectivity index (χ1v) is 9.13. The standard InChI is InChI=1S/C21H19N3O4/c1-13(19(25)22-15-6-3-2-4-7-15)28-21(27)14-9-10-16-17(12-14)23-18-8-5-11-24(18)20(16)26/h2-4,6-7,9-10,12-13H,5,8,11H2,1H3,(H,22,25)/t13-/m1/s1. The summed E-state index contributed by atoms with van der Waals surface area (Å²) >= 11 is 0. The number of ether oxygens (including phenoxy) is 1. The number of nitrogens with zero attached hydrogens (tertiary/aromatic N) is 2. The molecule has 0 saturated carbocycles. The van der Waals surface area contributed by atoms with E-state index in [1.165, 1.54) is 13.0 Å². The fourth-order valence-corrected chi connectivity index (χ4v) is 3.26. The molecule has 0 fully saturated rings. The summed E-state index contributed by atoms with van der Waals surface area (Å²) in [6, 6.07) is 13.6. The highest BCUT2D eigenvalue weighted by Crippen LogP contribution is 2.17. The fraction of sp³-hybridized carbons (Fsp3) is 0.238. The molecular weight excluding hydrogens is 358 g/mol. The fourth-order valence-electron chi connectivity index (χ4n) is 3.26. The number of hydrogen-bond donors (Lipinski definition) is 1. The second kappa shape index (κ2) is 7.26. The minimum absolute atomic E-state index is 0.0898. The highest BCUT2D eigenvalue weighted by molar-refractivity contribution is 5.98. The van der Waals surface area contributed by atoms with E-state index in [0.29, 0.717) is 23.1 Å². The lowest BCUT2D eigenvalue weighted by atomic mass is 10.1. The molecule has 0 saturated heterocycles. The van der Waals surface area contributed by atoms with Crippen molar-refractivity contribution in [2.45, 2.75) is 32.4 Å². The maximum absolute atomic E-state index is 12.5. The van der Waals surface area contributed by atoms with Gasteiger partial charge in [0, 0.05) is 18.7 Å². The van der Waals surface area contributed by atoms with Gasteiger partial charge in [0.2, 0.25) is 0 Å². The molecule has 0 bridgehead atoms. The number of esters is 1. The Bertz CT molecular complexity index is 1120. The van der Waals surface area contributed by atoms with Crippen LogP contribution in [0.4, 0.5) is 5.69 Å². The van der Waals surface area contributed by atoms with Crippen molar-refractivity contribution in [3.8, 4) is 0 Å². The second-order valence-electron chi connectivity index (χ2n) is 6.72. The molecular formula is C21H19N3O4. The summed E-state index contributed by atoms with van der Waals surface area (Å²) in [7, 11) is 0. The van der Waals surface area contributed by atoms with Crippen LogP contribution in [0, 0.1) is 0 Å². The van der Waals surface area contributed by atoms with E-state index in [0.717, 1.165) is 18.7 Å². The first kappa shape index (κ1) is 17.9. The number of aromatic nitrogens is 2. The third-order valence-corrected chi connectivity index (χ3v) is 4.75. The predicted octanol–water partition coefficient (Wildman–Crippen LogP) is 2.53. The van der Waals surface area contributed by atoms with Gasteiger partial charge < -0.3 is 10.1 Å². The summed E-state index contributed by atoms with van der Waals surface area (Å²) in [5, 5.41) is 3.16. The number of para-hydroxylation sites is 1. The Balaban J connectivity index is 1.51. The summed E-state index contributed by atoms with van der Waals surface area (Å²) in [4.78, 5) is 41.7. The zero-order chi connectivity index (χ0) is 19.7. The number of nitrogens with one attached hydrogen (secondary N) is 1. The van der Waals surface area contributed by atoms with Crippen molar-refractivity contribution in [1.29, 1.82) is 0 Å². The van der Waals surface area contributed by atoms with Crippen molar-refractivity contribution in [2.75, 3.05) is 5.32 Å². The van der Waals surface area contributed by atoms with Gasteiger partial charge in [-0.05, 0) is 43.7 Å². The molecule has 1 aromatic heterocycles. The van der Waals surface area contributed by atoms with Gasteiger partial charge in [-0.2, -0.15) is 0 Å². The summed E-state index contributed by atoms with van der Waals surface area (Å²) in [5.74, 6) is -0.326. The minimum atomic E-state index is -0.970. The zero-order valence-corrected chi connectivity index (χ0v) is 15.3. The molecule has 3 aromatic rings. The van der Waals surface area contributed by atoms with E-state index in [9.17, 15) is 14.4 Å². The van der Waals surface area contributed by atoms with Crippen molar-refractivity contribution < 1.29 is 14.3 Å². The van der Waals surface area contributed by atoms with Crippen LogP contribution in [0.25, 0.3) is 10.9 Å². The summed E-state index contributed by atoms with van der Waals surface area (Å²) in [5.41, 5.74) is 1.25. The molecule has 4 rings (SSSR count). The summed E-state index contributed by atoms with van der Waals surface area (Å²) in [6.45, 7) is 2.18. The second-order valence-corrected chi connectivity index (χ2v) is 6.72. The molecule has 1 aliphatic rings. The normalized spacial score (nSPS) is 13.8. The lowest BCUT2D eigenvalue weighted by Gasteiger charge is -2.14. The van der Waals surface area contributed by atoms with Crippen molar-refractivity contribution in [3.05, 3.63) is 70.3 Å². The van der Waals surface area contributed by atoms with Crippen LogP contribution in [0.2, 0.25) is 0 Å². The van der Waals surface area contributed by atoms with Crippen LogP contribution in [0.5, 0.6) is 0 Å². The number of aryl methyl sites for hydroxylation is 1. The highest BCUT2D eigenvalue weighted by Gasteiger charge is 2.21. The molecule has 142 valence electrons. The van der Waals surface area contributed by atoms with Crippen LogP contribution in [0.1, 0.15) is 29.5 Å². The summed E-state index contributed by atoms with van der Waals surface area (Å²) < 4.78 is 6.96. The third kappa shape index (κ3) is 3.38. The van der Waals surface area contributed by atoms with E-state index in [1.54, 1.807) is 41.0 Å². The zero-order valence-electron chi connectivity index (χ0n) is 15.3. The SMILES string of the molecule is C[C@@H](OC(=O)c1ccc2c(=O)n3c(nc2c1)CCC3)C(=O)Nc1ccccc1. The Morgan fingerprint density at radius 2 is 1.96 bits per heavy atom. The largest absolute Gasteiger partial charge is 0.449 e. The first-order valence-electron chi connectivity index (χ1n) is 9.13. The van der Waals surface area contributed by atoms with Gasteiger partial charge in [0.05, 0.1) is 16.5 Å². The summed E-state index contributed by atoms with van der Waals surface area (Å²) in [6.07, 6.45) is 0.667. The van der Waals surface area contributed by atoms with Gasteiger partial charge in [0.15, 0.2) is 6.10 Å². The molecule has 1 atom stereocenters. The van der Waals surface area contributed by atoms with E-state index in [-0.39, 0.29) is 11.1 Å². The van der Waals surface area contributed by atoms with Gasteiger partial charge >= 0.3 is 5.97 Å². The Hall–Kier alpha value is -3.48. The molecule has 1 amide bonds. The van der Waals surface area contributed by atoms with E-state index in [4.69, 9.17) is 4.74 Å². The van der Waals surface area contributed by atoms with Crippen molar-refractivity contribution >= 4 is 28.5 Å². The average molecular weight is 377 g/mol. The maximum Gasteiger partial charge on any atom is 0.338 e. The molecule has 7 nitrogen and oxygen atoms in total. The van der Waals surface area contributed by atoms with E-state index in [2.05, 4.69) is 10.3 Å². The average Bonchev–Trinajstić information content (AvgIpc) is 3.17. The highest BCUT2D eigenvalue weighted by atomic mass is 16.5. The van der Waals surface area contributed by atoms with Crippen LogP contribution in [-0.4, -0.2) is 27.5 Å². The molecule has 1 aliphatic heterocycles. The number of fused-ring (bicyclic) bond motifs is 2. The number of amides is 1. The van der Waals surface area contributed by atoms with Crippen LogP contribution in [0.15, 0.2) is 53.3 Å². The Morgan fingerprint density at radius 1 is 1.18 bits per heavy atom. The van der Waals surface area contributed by atoms with Crippen molar-refractivity contribution in [1.82, 2.24) is 9.55 Å². The number of rotatable bonds is 4. The molecule has 0 radical (unpaired) electrons. The molecule has 7 heteroatoms. The van der Waals surface area contributed by atoms with Crippen molar-refractivity contribution in [2.24, 2.45) is 0 Å². The number of benzene rings is 2. The lowest BCUT2D eigenvalue weighted by Crippen LogP contribution is -2.30. The molecule has 2 heterocycles. The smallest absolute Gasteiger partial charge is 0.338 e. The molecule has 1 N–H and O–H groups in total. The van der Waals surface area contributed by atoms with Gasteiger partial charge in [-0.25, -0.2) is 9.78 Å². The third-order valence-electron chi connectivity index (χ3n) is 4.75. The lowest BCUT2D eigenvalue weighted by molar-refractivity contribution is -0.123. The van der Waals surface area contributed by atoms with E-state index >= 15 is 0 Å². The van der Waals surface area contributed by atoms with Crippen LogP contribution in [-0.2, 0) is 22.5 Å². The van der Waals surface area contributed by atoms with Crippen LogP contribution >= 0.6 is 0 Å². The van der Waals surface area contributed by atoms with Crippen LogP contribution < -0.4 is 10.9 Å². The van der Waals surface area contributed by atoms with Gasteiger partial charge in [-0.3, -0.25) is 14.2 Å². The number of carbonyl (C=O) groups excluding carboxylic acids is 2. The van der Waals surface area contributed by atoms with Gasteiger partial charge in [0.1, 0.15) is 5.82 Å². The Labute approximate surface area is 161 Å². The van der Waals surface area contributed by atoms with E-state index in [1.807, 2.05) is 6.07 Å². The van der Waals surface area contributed by atoms with Gasteiger partial charge in [0.25, 0.3) is 11.5 Å². The minimum Gasteiger partial charge on any atom is -0.449 e. The van der Waals surface area contributed by atoms with Crippen LogP contribution in [0.3, 0.4) is 0 Å². The molecule has 2 aromatic carbocycles. The van der Waals surface area contributed by atoms with E-state index < -0.39 is 18.0 Å². The first-order chi connectivity index (χ1) is 13.5. The Morgan fingerprint density at radius 3 is 2.75 bits per heavy atom. The monoisotopic (exact) mass is 377 g/mol. The number of anilines is 1. The Kier molecular flexibility index (Phi) is 4.65. The van der Waals surface area contributed by atoms with Gasteiger partial charge in [-0.15, -0.1) is 0 Å². The number of hydrogen-bond acceptors (Lipinski definition) is 5. The van der Waals surface area contributed by atoms with Gasteiger partial charge in [-0.1, -0.05) is 18.2 Å².